The number of hydrogen-bond acceptors (Lipinski definition) is 5. The van der Waals surface area contributed by atoms with E-state index >= 15 is 0 Å². The summed E-state index contributed by atoms with van der Waals surface area (Å²) in [4.78, 5) is 13.9. The first-order valence-electron chi connectivity index (χ1n) is 17.8. The first-order chi connectivity index (χ1) is 23.2. The second-order valence-corrected chi connectivity index (χ2v) is 15.1. The van der Waals surface area contributed by atoms with Gasteiger partial charge in [-0.25, -0.2) is 4.58 Å². The molecule has 0 bridgehead atoms. The van der Waals surface area contributed by atoms with Gasteiger partial charge in [0.15, 0.2) is 0 Å². The normalized spacial score (nSPS) is 16.6. The van der Waals surface area contributed by atoms with E-state index in [0.29, 0.717) is 29.4 Å². The van der Waals surface area contributed by atoms with Crippen LogP contribution in [0.25, 0.3) is 23.0 Å². The van der Waals surface area contributed by atoms with Gasteiger partial charge < -0.3 is 18.6 Å². The number of carbonyl (C=O) groups excluding carboxylic acids is 1. The molecule has 1 aromatic rings. The van der Waals surface area contributed by atoms with Crippen LogP contribution in [0.3, 0.4) is 0 Å². The second-order valence-electron chi connectivity index (χ2n) is 15.1. The van der Waals surface area contributed by atoms with E-state index in [1.807, 2.05) is 36.4 Å². The molecule has 260 valence electrons. The van der Waals surface area contributed by atoms with Crippen LogP contribution in [0, 0.1) is 11.3 Å². The van der Waals surface area contributed by atoms with Crippen molar-refractivity contribution in [1.82, 2.24) is 4.58 Å². The smallest absolute Gasteiger partial charge is 0.203 e. The molecule has 0 atom stereocenters. The van der Waals surface area contributed by atoms with Gasteiger partial charge in [0.05, 0.1) is 30.9 Å². The zero-order valence-electron chi connectivity index (χ0n) is 31.4. The molecule has 0 unspecified atom stereocenters. The third kappa shape index (κ3) is 7.49. The van der Waals surface area contributed by atoms with E-state index in [9.17, 15) is 4.79 Å². The summed E-state index contributed by atoms with van der Waals surface area (Å²) in [7, 11) is 1.63. The van der Waals surface area contributed by atoms with Gasteiger partial charge in [-0.3, -0.25) is 4.79 Å². The molecule has 0 spiro atoms. The molecule has 49 heavy (non-hydrogen) atoms. The van der Waals surface area contributed by atoms with Gasteiger partial charge in [-0.2, -0.15) is 0 Å². The highest BCUT2D eigenvalue weighted by Gasteiger charge is 2.36. The number of allylic oxidation sites excluding steroid dienone is 6. The number of rotatable bonds is 10. The number of methoxy groups -OCH3 is 1. The summed E-state index contributed by atoms with van der Waals surface area (Å²) < 4.78 is 27.3. The maximum Gasteiger partial charge on any atom is 0.203 e. The summed E-state index contributed by atoms with van der Waals surface area (Å²) in [6, 6.07) is 14.3. The zero-order chi connectivity index (χ0) is 35.7. The van der Waals surface area contributed by atoms with E-state index in [-0.39, 0.29) is 16.6 Å². The summed E-state index contributed by atoms with van der Waals surface area (Å²) in [6.45, 7) is 23.9. The molecule has 0 aromatic heterocycles. The van der Waals surface area contributed by atoms with Crippen molar-refractivity contribution in [3.63, 3.8) is 0 Å². The Kier molecular flexibility index (Phi) is 10.5. The molecule has 0 saturated heterocycles. The van der Waals surface area contributed by atoms with Crippen LogP contribution in [0.4, 0.5) is 0 Å². The predicted octanol–water partition coefficient (Wildman–Crippen LogP) is 9.58. The molecule has 2 heterocycles. The molecule has 2 aliphatic carbocycles. The quantitative estimate of drug-likeness (QED) is 0.160. The largest absolute Gasteiger partial charge is 0.495 e. The highest BCUT2D eigenvalue weighted by molar-refractivity contribution is 6.24. The Balaban J connectivity index is 1.60. The Morgan fingerprint density at radius 1 is 0.857 bits per heavy atom. The van der Waals surface area contributed by atoms with E-state index in [1.165, 1.54) is 0 Å². The van der Waals surface area contributed by atoms with Gasteiger partial charge in [0.2, 0.25) is 11.1 Å². The van der Waals surface area contributed by atoms with Crippen LogP contribution in [0.5, 0.6) is 11.5 Å². The number of Topliss-reactive ketones (excluding diaryl/α,β-unsaturated/α-hetero) is 1. The Morgan fingerprint density at radius 3 is 2.16 bits per heavy atom. The molecule has 1 aromatic carbocycles. The molecule has 0 saturated carbocycles. The number of hydrogen-bond donors (Lipinski definition) is 0. The van der Waals surface area contributed by atoms with Crippen molar-refractivity contribution < 1.29 is 23.4 Å². The Labute approximate surface area is 292 Å². The van der Waals surface area contributed by atoms with Gasteiger partial charge in [0.1, 0.15) is 47.6 Å². The third-order valence-electron chi connectivity index (χ3n) is 9.58. The van der Waals surface area contributed by atoms with Crippen LogP contribution in [0.2, 0.25) is 0 Å². The number of ether oxygens (including phenoxy) is 3. The molecular weight excluding hydrogens is 610 g/mol. The van der Waals surface area contributed by atoms with Crippen molar-refractivity contribution >= 4 is 17.4 Å². The molecule has 4 aliphatic rings. The number of benzene rings is 2. The van der Waals surface area contributed by atoms with E-state index in [2.05, 4.69) is 98.1 Å². The lowest BCUT2D eigenvalue weighted by molar-refractivity contribution is -0.113. The van der Waals surface area contributed by atoms with Crippen molar-refractivity contribution in [3.05, 3.63) is 99.5 Å². The van der Waals surface area contributed by atoms with E-state index in [0.717, 1.165) is 82.3 Å². The van der Waals surface area contributed by atoms with Gasteiger partial charge in [-0.1, -0.05) is 68.2 Å². The average molecular weight is 665 g/mol. The molecule has 5 rings (SSSR count). The fraction of sp³-hybridized carbons (Fsp3) is 0.442. The minimum absolute atomic E-state index is 0.0563. The third-order valence-corrected chi connectivity index (χ3v) is 9.58. The van der Waals surface area contributed by atoms with Crippen LogP contribution in [0.1, 0.15) is 99.0 Å². The highest BCUT2D eigenvalue weighted by atomic mass is 16.5. The van der Waals surface area contributed by atoms with E-state index < -0.39 is 0 Å². The SMILES string of the molecule is CCC(CC)COc1ccc2c(c1)OC(C(C)(C)C)=C/C2=C\C1=C(OC)C(=C\c2cc(C(C)(C)C)oc3cc(=[N+](CC)CC)ccc2-3)/C1=O. The molecule has 2 aliphatic heterocycles. The number of fused-ring (bicyclic) bond motifs is 2. The summed E-state index contributed by atoms with van der Waals surface area (Å²) in [5.74, 6) is 5.00. The summed E-state index contributed by atoms with van der Waals surface area (Å²) in [6.07, 6.45) is 8.08. The predicted molar refractivity (Wildman–Crippen MR) is 200 cm³/mol. The monoisotopic (exact) mass is 664 g/mol. The van der Waals surface area contributed by atoms with E-state index in [4.69, 9.17) is 18.6 Å². The standard InChI is InChI=1S/C43H54NO5/c1-12-27(13-2)26-47-31-17-19-33-29(23-39(43(8,9)10)49-37(33)25-31)21-35-40(45)34(41(35)46-11)20-28-22-38(42(5,6)7)48-36-24-30(16-18-32(28)36)44(14-3)15-4/h16-25,27H,12-15,26H2,1-11H3/q+1/b29-21+,34-20-. The highest BCUT2D eigenvalue weighted by Crippen LogP contribution is 2.44. The van der Waals surface area contributed by atoms with Crippen LogP contribution in [-0.4, -0.2) is 32.6 Å². The summed E-state index contributed by atoms with van der Waals surface area (Å²) >= 11 is 0. The Hall–Kier alpha value is -4.32. The summed E-state index contributed by atoms with van der Waals surface area (Å²) in [5, 5.41) is 1.11. The summed E-state index contributed by atoms with van der Waals surface area (Å²) in [5.41, 5.74) is 4.30. The minimum Gasteiger partial charge on any atom is -0.495 e. The molecule has 0 N–H and O–H groups in total. The van der Waals surface area contributed by atoms with Crippen molar-refractivity contribution in [1.29, 1.82) is 0 Å². The van der Waals surface area contributed by atoms with Gasteiger partial charge >= 0.3 is 0 Å². The lowest BCUT2D eigenvalue weighted by Crippen LogP contribution is -2.29. The van der Waals surface area contributed by atoms with Gasteiger partial charge in [0, 0.05) is 34.1 Å². The van der Waals surface area contributed by atoms with Crippen LogP contribution >= 0.6 is 0 Å². The van der Waals surface area contributed by atoms with Crippen LogP contribution in [-0.2, 0) is 14.9 Å². The fourth-order valence-electron chi connectivity index (χ4n) is 6.21. The molecule has 0 radical (unpaired) electrons. The molecular formula is C43H54NO5+. The van der Waals surface area contributed by atoms with Crippen molar-refractivity contribution in [3.8, 4) is 22.8 Å². The molecule has 6 nitrogen and oxygen atoms in total. The Bertz CT molecular complexity index is 1890. The lowest BCUT2D eigenvalue weighted by atomic mass is 9.82. The van der Waals surface area contributed by atoms with Gasteiger partial charge in [0.25, 0.3) is 0 Å². The van der Waals surface area contributed by atoms with Crippen LogP contribution in [0.15, 0.2) is 81.7 Å². The minimum atomic E-state index is -0.244. The first kappa shape index (κ1) is 36.0. The van der Waals surface area contributed by atoms with Crippen molar-refractivity contribution in [2.75, 3.05) is 26.8 Å². The van der Waals surface area contributed by atoms with Crippen molar-refractivity contribution in [2.45, 2.75) is 87.5 Å². The van der Waals surface area contributed by atoms with Crippen LogP contribution < -0.4 is 19.4 Å². The maximum absolute atomic E-state index is 13.9. The second kappa shape index (κ2) is 14.3. The molecule has 6 heteroatoms. The lowest BCUT2D eigenvalue weighted by Gasteiger charge is -2.30. The molecule has 0 fully saturated rings. The average Bonchev–Trinajstić information content (AvgIpc) is 3.07. The van der Waals surface area contributed by atoms with Crippen molar-refractivity contribution in [2.24, 2.45) is 11.3 Å². The maximum atomic E-state index is 13.9. The number of nitrogens with zero attached hydrogens (tertiary/aromatic N) is 1. The molecule has 0 amide bonds. The Morgan fingerprint density at radius 2 is 1.55 bits per heavy atom. The van der Waals surface area contributed by atoms with Gasteiger partial charge in [-0.15, -0.1) is 0 Å². The topological polar surface area (TPSA) is 60.9 Å². The number of ketones is 1. The zero-order valence-corrected chi connectivity index (χ0v) is 31.4. The first-order valence-corrected chi connectivity index (χ1v) is 17.8. The number of carbonyl (C=O) groups is 1. The van der Waals surface area contributed by atoms with E-state index in [1.54, 1.807) is 7.11 Å². The fourth-order valence-corrected chi connectivity index (χ4v) is 6.21. The van der Waals surface area contributed by atoms with Gasteiger partial charge in [-0.05, 0) is 73.4 Å².